The van der Waals surface area contributed by atoms with Gasteiger partial charge in [0.25, 0.3) is 11.5 Å². The lowest BCUT2D eigenvalue weighted by Crippen LogP contribution is -2.37. The van der Waals surface area contributed by atoms with Crippen molar-refractivity contribution in [2.75, 3.05) is 18.1 Å². The molecule has 0 fully saturated rings. The predicted molar refractivity (Wildman–Crippen MR) is 169 cm³/mol. The fourth-order valence-corrected chi connectivity index (χ4v) is 5.94. The quantitative estimate of drug-likeness (QED) is 0.173. The zero-order valence-electron chi connectivity index (χ0n) is 27.0. The Kier molecular flexibility index (Phi) is 12.8. The zero-order valence-corrected chi connectivity index (χ0v) is 28.6. The molecule has 0 aliphatic carbocycles. The first kappa shape index (κ1) is 40.0. The summed E-state index contributed by atoms with van der Waals surface area (Å²) in [7, 11) is -7.19. The van der Waals surface area contributed by atoms with E-state index in [-0.39, 0.29) is 50.0 Å². The number of alkyl halides is 6. The van der Waals surface area contributed by atoms with Crippen LogP contribution in [0.25, 0.3) is 22.8 Å². The van der Waals surface area contributed by atoms with Crippen molar-refractivity contribution < 1.29 is 47.9 Å². The summed E-state index contributed by atoms with van der Waals surface area (Å²) in [5.74, 6) is -7.96. The fraction of sp³-hybridized carbons (Fsp3) is 0.400. The smallest absolute Gasteiger partial charge is 0.311 e. The summed E-state index contributed by atoms with van der Waals surface area (Å²) in [4.78, 5) is 31.3. The van der Waals surface area contributed by atoms with Crippen molar-refractivity contribution in [3.63, 3.8) is 0 Å². The van der Waals surface area contributed by atoms with Gasteiger partial charge >= 0.3 is 5.92 Å². The van der Waals surface area contributed by atoms with Crippen LogP contribution >= 0.6 is 0 Å². The standard InChI is InChI=1S/2C15H16F3N3O3S/c1-3-25(22,23)12-5-4-6-19-14(12)11-7-13(21-9-20-11)24-8-15(17,18)10(2)16;1-3-25(23,24)12-5-4-6-19-14(12)11-7-13(22)21(9-20-11)8-15(17,18)10(2)16/h2*4-7,9-10H,3,8H2,1-2H3. The molecule has 0 spiro atoms. The van der Waals surface area contributed by atoms with Crippen LogP contribution in [0.4, 0.5) is 26.3 Å². The predicted octanol–water partition coefficient (Wildman–Crippen LogP) is 4.80. The van der Waals surface area contributed by atoms with Gasteiger partial charge in [-0.15, -0.1) is 0 Å². The molecule has 0 saturated heterocycles. The van der Waals surface area contributed by atoms with E-state index in [2.05, 4.69) is 24.9 Å². The van der Waals surface area contributed by atoms with Gasteiger partial charge in [-0.25, -0.2) is 49.3 Å². The lowest BCUT2D eigenvalue weighted by atomic mass is 10.2. The molecule has 272 valence electrons. The van der Waals surface area contributed by atoms with Gasteiger partial charge in [-0.3, -0.25) is 19.3 Å². The van der Waals surface area contributed by atoms with Crippen molar-refractivity contribution in [3.8, 4) is 28.7 Å². The molecule has 2 atom stereocenters. The summed E-state index contributed by atoms with van der Waals surface area (Å²) in [6.07, 6.45) is -0.257. The van der Waals surface area contributed by atoms with E-state index in [0.717, 1.165) is 25.6 Å². The van der Waals surface area contributed by atoms with Gasteiger partial charge in [-0.05, 0) is 38.1 Å². The fourth-order valence-electron chi connectivity index (χ4n) is 3.84. The number of hydrogen-bond acceptors (Lipinski definition) is 11. The SMILES string of the molecule is CCS(=O)(=O)c1cccnc1-c1cc(=O)n(CC(F)(F)C(C)F)cn1.CCS(=O)(=O)c1cccnc1-c1cc(OCC(F)(F)C(C)F)ncn1. The normalized spacial score (nSPS) is 13.6. The zero-order chi connectivity index (χ0) is 37.5. The highest BCUT2D eigenvalue weighted by molar-refractivity contribution is 7.91. The van der Waals surface area contributed by atoms with Crippen LogP contribution < -0.4 is 10.3 Å². The first-order valence-electron chi connectivity index (χ1n) is 14.7. The molecule has 50 heavy (non-hydrogen) atoms. The van der Waals surface area contributed by atoms with Crippen LogP contribution in [-0.2, 0) is 26.2 Å². The Morgan fingerprint density at radius 2 is 1.26 bits per heavy atom. The largest absolute Gasteiger partial charge is 0.471 e. The molecule has 20 heteroatoms. The molecule has 4 aromatic heterocycles. The molecule has 12 nitrogen and oxygen atoms in total. The molecule has 4 rings (SSSR count). The monoisotopic (exact) mass is 750 g/mol. The number of rotatable bonds is 13. The Hall–Kier alpha value is -4.46. The topological polar surface area (TPSA) is 164 Å². The van der Waals surface area contributed by atoms with E-state index in [9.17, 15) is 48.0 Å². The van der Waals surface area contributed by atoms with Gasteiger partial charge in [0.05, 0.1) is 45.6 Å². The molecule has 0 aromatic carbocycles. The average molecular weight is 751 g/mol. The van der Waals surface area contributed by atoms with Crippen LogP contribution in [0.5, 0.6) is 5.88 Å². The molecule has 0 aliphatic heterocycles. The van der Waals surface area contributed by atoms with Crippen molar-refractivity contribution >= 4 is 19.7 Å². The van der Waals surface area contributed by atoms with E-state index in [0.29, 0.717) is 11.5 Å². The molecular formula is C30H32F6N6O6S2. The van der Waals surface area contributed by atoms with Crippen LogP contribution in [0.3, 0.4) is 0 Å². The Morgan fingerprint density at radius 1 is 0.760 bits per heavy atom. The highest BCUT2D eigenvalue weighted by Gasteiger charge is 2.39. The molecule has 4 heterocycles. The maximum atomic E-state index is 13.4. The van der Waals surface area contributed by atoms with Crippen molar-refractivity contribution in [2.24, 2.45) is 0 Å². The summed E-state index contributed by atoms with van der Waals surface area (Å²) in [5, 5.41) is 0. The van der Waals surface area contributed by atoms with Gasteiger partial charge in [0.2, 0.25) is 5.88 Å². The maximum Gasteiger partial charge on any atom is 0.311 e. The van der Waals surface area contributed by atoms with Crippen LogP contribution in [-0.4, -0.2) is 88.6 Å². The second-order valence-corrected chi connectivity index (χ2v) is 15.0. The van der Waals surface area contributed by atoms with E-state index in [4.69, 9.17) is 4.74 Å². The average Bonchev–Trinajstić information content (AvgIpc) is 3.08. The molecule has 0 radical (unpaired) electrons. The third-order valence-electron chi connectivity index (χ3n) is 6.94. The van der Waals surface area contributed by atoms with E-state index < -0.39 is 62.6 Å². The minimum absolute atomic E-state index is 0.0372. The first-order chi connectivity index (χ1) is 23.3. The Morgan fingerprint density at radius 3 is 1.72 bits per heavy atom. The second-order valence-electron chi connectivity index (χ2n) is 10.5. The van der Waals surface area contributed by atoms with Crippen LogP contribution in [0.15, 0.2) is 76.0 Å². The molecule has 0 amide bonds. The third kappa shape index (κ3) is 9.83. The van der Waals surface area contributed by atoms with Crippen molar-refractivity contribution in [3.05, 3.63) is 71.8 Å². The highest BCUT2D eigenvalue weighted by atomic mass is 32.2. The summed E-state index contributed by atoms with van der Waals surface area (Å²) in [5.41, 5.74) is -0.822. The van der Waals surface area contributed by atoms with Crippen LogP contribution in [0.1, 0.15) is 27.7 Å². The number of nitrogens with zero attached hydrogens (tertiary/aromatic N) is 6. The summed E-state index contributed by atoms with van der Waals surface area (Å²) >= 11 is 0. The van der Waals surface area contributed by atoms with Crippen molar-refractivity contribution in [2.45, 2.75) is 68.2 Å². The molecule has 0 aliphatic rings. The lowest BCUT2D eigenvalue weighted by Gasteiger charge is -2.18. The number of pyridine rings is 2. The van der Waals surface area contributed by atoms with Crippen molar-refractivity contribution in [1.29, 1.82) is 0 Å². The van der Waals surface area contributed by atoms with E-state index >= 15 is 0 Å². The van der Waals surface area contributed by atoms with Gasteiger partial charge < -0.3 is 4.74 Å². The molecule has 0 bridgehead atoms. The van der Waals surface area contributed by atoms with E-state index in [1.807, 2.05) is 0 Å². The van der Waals surface area contributed by atoms with Gasteiger partial charge in [-0.2, -0.15) is 8.78 Å². The summed E-state index contributed by atoms with van der Waals surface area (Å²) in [6, 6.07) is 7.67. The number of sulfone groups is 2. The minimum Gasteiger partial charge on any atom is -0.471 e. The summed E-state index contributed by atoms with van der Waals surface area (Å²) in [6.45, 7) is 1.99. The Labute approximate surface area is 283 Å². The molecule has 0 N–H and O–H groups in total. The van der Waals surface area contributed by atoms with Gasteiger partial charge in [0.1, 0.15) is 17.7 Å². The lowest BCUT2D eigenvalue weighted by molar-refractivity contribution is -0.0948. The molecule has 0 saturated carbocycles. The number of aromatic nitrogens is 6. The Balaban J connectivity index is 0.000000270. The van der Waals surface area contributed by atoms with Crippen molar-refractivity contribution in [1.82, 2.24) is 29.5 Å². The first-order valence-corrected chi connectivity index (χ1v) is 18.0. The molecular weight excluding hydrogens is 718 g/mol. The van der Waals surface area contributed by atoms with Crippen LogP contribution in [0.2, 0.25) is 0 Å². The van der Waals surface area contributed by atoms with Gasteiger partial charge in [-0.1, -0.05) is 13.8 Å². The maximum absolute atomic E-state index is 13.4. The van der Waals surface area contributed by atoms with Crippen LogP contribution in [0, 0.1) is 0 Å². The highest BCUT2D eigenvalue weighted by Crippen LogP contribution is 2.28. The number of ether oxygens (including phenoxy) is 1. The van der Waals surface area contributed by atoms with Gasteiger partial charge in [0.15, 0.2) is 38.6 Å². The van der Waals surface area contributed by atoms with E-state index in [1.165, 1.54) is 56.6 Å². The minimum atomic E-state index is -3.73. The third-order valence-corrected chi connectivity index (χ3v) is 10.5. The van der Waals surface area contributed by atoms with Gasteiger partial charge in [0, 0.05) is 24.5 Å². The summed E-state index contributed by atoms with van der Waals surface area (Å²) < 4.78 is 133. The number of halogens is 6. The molecule has 2 unspecified atom stereocenters. The number of hydrogen-bond donors (Lipinski definition) is 0. The Bertz CT molecular complexity index is 2070. The van der Waals surface area contributed by atoms with E-state index in [1.54, 1.807) is 0 Å². The second kappa shape index (κ2) is 16.0. The molecule has 4 aromatic rings.